The first-order valence-corrected chi connectivity index (χ1v) is 14.6. The third-order valence-corrected chi connectivity index (χ3v) is 9.39. The van der Waals surface area contributed by atoms with Crippen LogP contribution in [0.4, 0.5) is 0 Å². The van der Waals surface area contributed by atoms with Gasteiger partial charge in [-0.05, 0) is 71.6 Å². The summed E-state index contributed by atoms with van der Waals surface area (Å²) in [6.07, 6.45) is 1.92. The Kier molecular flexibility index (Phi) is 4.24. The Morgan fingerprint density at radius 1 is 0.558 bits per heavy atom. The Bertz CT molecular complexity index is 2730. The average molecular weight is 550 g/mol. The van der Waals surface area contributed by atoms with Gasteiger partial charge >= 0.3 is 0 Å². The van der Waals surface area contributed by atoms with E-state index in [0.29, 0.717) is 11.5 Å². The molecule has 0 saturated heterocycles. The Balaban J connectivity index is 1.32. The molecule has 2 heterocycles. The first kappa shape index (κ1) is 22.9. The molecule has 1 N–H and O–H groups in total. The lowest BCUT2D eigenvalue weighted by atomic mass is 9.90. The molecule has 0 saturated carbocycles. The number of nitrogens with zero attached hydrogens (tertiary/aromatic N) is 2. The van der Waals surface area contributed by atoms with Crippen molar-refractivity contribution in [2.45, 2.75) is 6.92 Å². The number of fused-ring (bicyclic) bond motifs is 1. The molecule has 0 radical (unpaired) electrons. The molecular weight excluding hydrogens is 526 g/mol. The van der Waals surface area contributed by atoms with Gasteiger partial charge in [-0.15, -0.1) is 0 Å². The van der Waals surface area contributed by atoms with Crippen molar-refractivity contribution in [2.24, 2.45) is 0 Å². The highest BCUT2D eigenvalue weighted by Crippen LogP contribution is 2.42. The number of H-pyrrole nitrogens is 1. The lowest BCUT2D eigenvalue weighted by Gasteiger charge is -2.19. The van der Waals surface area contributed by atoms with Gasteiger partial charge in [-0.2, -0.15) is 0 Å². The van der Waals surface area contributed by atoms with Crippen LogP contribution in [-0.2, 0) is 0 Å². The molecule has 0 aromatic heterocycles. The van der Waals surface area contributed by atoms with E-state index in [2.05, 4.69) is 114 Å². The summed E-state index contributed by atoms with van der Waals surface area (Å²) in [6.45, 7) is 1.79. The van der Waals surface area contributed by atoms with Crippen molar-refractivity contribution in [1.82, 2.24) is 14.5 Å². The Hall–Kier alpha value is -5.74. The van der Waals surface area contributed by atoms with Crippen LogP contribution in [0.1, 0.15) is 5.69 Å². The normalized spacial score (nSPS) is 12.4. The highest BCUT2D eigenvalue weighted by Gasteiger charge is 2.23. The predicted molar refractivity (Wildman–Crippen MR) is 178 cm³/mol. The van der Waals surface area contributed by atoms with Gasteiger partial charge in [-0.1, -0.05) is 109 Å². The second-order valence-corrected chi connectivity index (χ2v) is 11.7. The summed E-state index contributed by atoms with van der Waals surface area (Å²) in [7, 11) is 0. The minimum Gasteiger partial charge on any atom is -0.350 e. The molecule has 4 heteroatoms. The van der Waals surface area contributed by atoms with Crippen molar-refractivity contribution in [2.75, 3.05) is 0 Å². The van der Waals surface area contributed by atoms with Gasteiger partial charge in [-0.25, -0.2) is 4.98 Å². The number of benzene rings is 8. The predicted octanol–water partition coefficient (Wildman–Crippen LogP) is 9.44. The van der Waals surface area contributed by atoms with Crippen molar-refractivity contribution in [3.63, 3.8) is 0 Å². The highest BCUT2D eigenvalue weighted by molar-refractivity contribution is 6.26. The number of aromatic nitrogens is 3. The van der Waals surface area contributed by atoms with Crippen LogP contribution in [0.5, 0.6) is 0 Å². The van der Waals surface area contributed by atoms with Gasteiger partial charge in [0.1, 0.15) is 5.69 Å². The van der Waals surface area contributed by atoms with Crippen LogP contribution >= 0.6 is 0 Å². The second kappa shape index (κ2) is 7.96. The van der Waals surface area contributed by atoms with Crippen molar-refractivity contribution < 1.29 is 0 Å². The molecule has 43 heavy (non-hydrogen) atoms. The molecule has 0 amide bonds. The molecule has 2 aliphatic heterocycles. The van der Waals surface area contributed by atoms with Crippen LogP contribution in [0.3, 0.4) is 0 Å². The SMILES string of the molecule is Cc1nc2c(-c3ccc4ccc5cccc6ccc3c4c56)[nH]c(-c3ccc4ccc5cccc6ccc3c4c56)cn-2c1=O. The van der Waals surface area contributed by atoms with E-state index in [1.807, 2.05) is 6.20 Å². The Labute approximate surface area is 245 Å². The zero-order valence-corrected chi connectivity index (χ0v) is 23.3. The largest absolute Gasteiger partial charge is 0.350 e. The molecule has 0 atom stereocenters. The van der Waals surface area contributed by atoms with E-state index >= 15 is 0 Å². The van der Waals surface area contributed by atoms with Gasteiger partial charge in [0, 0.05) is 17.3 Å². The lowest BCUT2D eigenvalue weighted by molar-refractivity contribution is 0.979. The third-order valence-electron chi connectivity index (χ3n) is 9.39. The summed E-state index contributed by atoms with van der Waals surface area (Å²) < 4.78 is 1.71. The van der Waals surface area contributed by atoms with E-state index in [1.54, 1.807) is 11.5 Å². The number of imidazole rings is 1. The second-order valence-electron chi connectivity index (χ2n) is 11.7. The van der Waals surface area contributed by atoms with Crippen molar-refractivity contribution in [3.8, 4) is 28.3 Å². The molecule has 200 valence electrons. The van der Waals surface area contributed by atoms with Crippen LogP contribution in [-0.4, -0.2) is 14.5 Å². The summed E-state index contributed by atoms with van der Waals surface area (Å²) in [6, 6.07) is 39.3. The van der Waals surface area contributed by atoms with Gasteiger partial charge in [0.15, 0.2) is 5.82 Å². The zero-order valence-electron chi connectivity index (χ0n) is 23.3. The van der Waals surface area contributed by atoms with Gasteiger partial charge in [-0.3, -0.25) is 9.36 Å². The maximum absolute atomic E-state index is 13.5. The Morgan fingerprint density at radius 2 is 1.02 bits per heavy atom. The minimum atomic E-state index is -0.0954. The van der Waals surface area contributed by atoms with E-state index in [4.69, 9.17) is 4.98 Å². The van der Waals surface area contributed by atoms with E-state index in [9.17, 15) is 4.79 Å². The smallest absolute Gasteiger partial charge is 0.277 e. The fourth-order valence-electron chi connectivity index (χ4n) is 7.43. The first-order valence-electron chi connectivity index (χ1n) is 14.6. The fourth-order valence-corrected chi connectivity index (χ4v) is 7.43. The van der Waals surface area contributed by atoms with Crippen LogP contribution in [0.25, 0.3) is 93.0 Å². The van der Waals surface area contributed by atoms with Crippen molar-refractivity contribution in [1.29, 1.82) is 0 Å². The molecule has 8 aromatic rings. The van der Waals surface area contributed by atoms with Gasteiger partial charge < -0.3 is 4.98 Å². The molecule has 4 nitrogen and oxygen atoms in total. The summed E-state index contributed by atoms with van der Waals surface area (Å²) in [5.41, 5.74) is 4.19. The van der Waals surface area contributed by atoms with Crippen molar-refractivity contribution in [3.05, 3.63) is 131 Å². The number of aromatic amines is 1. The van der Waals surface area contributed by atoms with Crippen molar-refractivity contribution >= 4 is 64.6 Å². The average Bonchev–Trinajstić information content (AvgIpc) is 3.34. The number of hydrogen-bond donors (Lipinski definition) is 1. The molecule has 2 aliphatic rings. The van der Waals surface area contributed by atoms with Gasteiger partial charge in [0.25, 0.3) is 5.56 Å². The van der Waals surface area contributed by atoms with Crippen LogP contribution in [0, 0.1) is 6.92 Å². The molecule has 8 aromatic carbocycles. The molecule has 0 spiro atoms. The third kappa shape index (κ3) is 2.94. The number of hydrogen-bond acceptors (Lipinski definition) is 2. The first-order chi connectivity index (χ1) is 21.1. The van der Waals surface area contributed by atoms with Crippen LogP contribution in [0.15, 0.2) is 120 Å². The lowest BCUT2D eigenvalue weighted by Crippen LogP contribution is -2.15. The molecular formula is C39H23N3O. The molecule has 10 rings (SSSR count). The minimum absolute atomic E-state index is 0.0954. The number of nitrogens with one attached hydrogen (secondary N) is 1. The van der Waals surface area contributed by atoms with E-state index in [1.165, 1.54) is 53.9 Å². The molecule has 0 aliphatic carbocycles. The van der Waals surface area contributed by atoms with E-state index in [-0.39, 0.29) is 5.56 Å². The quantitative estimate of drug-likeness (QED) is 0.218. The summed E-state index contributed by atoms with van der Waals surface area (Å²) in [5, 5.41) is 14.6. The maximum atomic E-state index is 13.5. The summed E-state index contributed by atoms with van der Waals surface area (Å²) in [4.78, 5) is 22.0. The fraction of sp³-hybridized carbons (Fsp3) is 0.0256. The zero-order chi connectivity index (χ0) is 28.4. The number of aryl methyl sites for hydroxylation is 1. The van der Waals surface area contributed by atoms with E-state index < -0.39 is 0 Å². The van der Waals surface area contributed by atoms with Gasteiger partial charge in [0.2, 0.25) is 0 Å². The molecule has 0 unspecified atom stereocenters. The topological polar surface area (TPSA) is 50.7 Å². The standard InChI is InChI=1S/C39H23N3O/c1-21-39(43)42-20-32(28-16-12-26-10-8-22-4-2-6-24-13-17-29(28)35(26)33(22)24)41-37(38(42)40-21)31-19-15-27-11-9-23-5-3-7-25-14-18-30(31)36(27)34(23)25/h2-20,41H,1H3. The monoisotopic (exact) mass is 549 g/mol. The molecule has 0 bridgehead atoms. The number of rotatable bonds is 2. The maximum Gasteiger partial charge on any atom is 0.277 e. The summed E-state index contributed by atoms with van der Waals surface area (Å²) >= 11 is 0. The van der Waals surface area contributed by atoms with Crippen LogP contribution in [0.2, 0.25) is 0 Å². The highest BCUT2D eigenvalue weighted by atomic mass is 16.1. The van der Waals surface area contributed by atoms with E-state index in [0.717, 1.165) is 33.3 Å². The Morgan fingerprint density at radius 3 is 1.60 bits per heavy atom. The molecule has 0 fully saturated rings. The summed E-state index contributed by atoms with van der Waals surface area (Å²) in [5.74, 6) is 0.638. The van der Waals surface area contributed by atoms with Crippen LogP contribution < -0.4 is 5.56 Å². The van der Waals surface area contributed by atoms with Gasteiger partial charge in [0.05, 0.1) is 11.4 Å².